The minimum atomic E-state index is -2.75. The molecule has 5 atom stereocenters. The number of fused-ring (bicyclic) bond motifs is 3. The van der Waals surface area contributed by atoms with E-state index >= 15 is 0 Å². The van der Waals surface area contributed by atoms with Gasteiger partial charge in [-0.05, 0) is 63.4 Å². The molecule has 0 radical (unpaired) electrons. The van der Waals surface area contributed by atoms with Gasteiger partial charge in [-0.25, -0.2) is 0 Å². The molecule has 5 rings (SSSR count). The highest BCUT2D eigenvalue weighted by molar-refractivity contribution is 6.24. The SMILES string of the molecule is CN(C)[C@@H]1C(=O)C(C(N)=O)=C(O)[C@@]2(O)C(=O)C3=C(O)c4c(O)cccc4[C@@](C)(O)[C@H]3C[C@@H]12.O=C1C=CC(=O)C=C1. The number of hydrogen-bond acceptors (Lipinski definition) is 11. The van der Waals surface area contributed by atoms with Gasteiger partial charge in [-0.15, -0.1) is 0 Å². The van der Waals surface area contributed by atoms with Gasteiger partial charge in [0.25, 0.3) is 5.91 Å². The lowest BCUT2D eigenvalue weighted by molar-refractivity contribution is -0.159. The summed E-state index contributed by atoms with van der Waals surface area (Å²) in [7, 11) is 3.01. The van der Waals surface area contributed by atoms with E-state index in [9.17, 15) is 49.5 Å². The summed E-state index contributed by atoms with van der Waals surface area (Å²) in [6.45, 7) is 1.40. The third kappa shape index (κ3) is 4.08. The topological polar surface area (TPSA) is 216 Å². The summed E-state index contributed by atoms with van der Waals surface area (Å²) in [5, 5.41) is 54.9. The number of hydrogen-bond donors (Lipinski definition) is 6. The molecule has 0 heterocycles. The number of benzene rings is 1. The minimum Gasteiger partial charge on any atom is -0.508 e. The van der Waals surface area contributed by atoms with E-state index in [4.69, 9.17) is 5.73 Å². The fourth-order valence-electron chi connectivity index (χ4n) is 5.94. The molecule has 4 aliphatic rings. The summed E-state index contributed by atoms with van der Waals surface area (Å²) in [5.74, 6) is -8.14. The first-order valence-electron chi connectivity index (χ1n) is 12.2. The minimum absolute atomic E-state index is 0.121. The van der Waals surface area contributed by atoms with Crippen molar-refractivity contribution in [2.24, 2.45) is 17.6 Å². The number of rotatable bonds is 2. The van der Waals surface area contributed by atoms with Crippen LogP contribution in [0.25, 0.3) is 5.76 Å². The third-order valence-corrected chi connectivity index (χ3v) is 7.84. The number of amides is 1. The maximum absolute atomic E-state index is 13.7. The average Bonchev–Trinajstić information content (AvgIpc) is 2.86. The molecule has 1 amide bonds. The van der Waals surface area contributed by atoms with Crippen molar-refractivity contribution in [1.82, 2.24) is 4.90 Å². The first-order chi connectivity index (χ1) is 18.6. The Morgan fingerprint density at radius 3 is 2.02 bits per heavy atom. The maximum Gasteiger partial charge on any atom is 0.255 e. The number of aromatic hydroxyl groups is 1. The molecule has 12 nitrogen and oxygen atoms in total. The Labute approximate surface area is 228 Å². The molecule has 0 bridgehead atoms. The van der Waals surface area contributed by atoms with E-state index in [1.54, 1.807) is 0 Å². The normalized spacial score (nSPS) is 31.0. The quantitative estimate of drug-likeness (QED) is 0.210. The number of phenols is 1. The van der Waals surface area contributed by atoms with Crippen LogP contribution in [0.5, 0.6) is 5.75 Å². The van der Waals surface area contributed by atoms with E-state index in [2.05, 4.69) is 0 Å². The van der Waals surface area contributed by atoms with Crippen LogP contribution in [-0.4, -0.2) is 85.2 Å². The van der Waals surface area contributed by atoms with Crippen LogP contribution in [0.2, 0.25) is 0 Å². The van der Waals surface area contributed by atoms with Gasteiger partial charge in [0.15, 0.2) is 23.0 Å². The van der Waals surface area contributed by atoms with Crippen LogP contribution in [-0.2, 0) is 29.6 Å². The van der Waals surface area contributed by atoms with E-state index in [1.165, 1.54) is 68.4 Å². The van der Waals surface area contributed by atoms with Gasteiger partial charge in [-0.3, -0.25) is 28.9 Å². The van der Waals surface area contributed by atoms with Crippen LogP contribution in [0, 0.1) is 11.8 Å². The number of ketones is 4. The van der Waals surface area contributed by atoms with E-state index in [1.807, 2.05) is 0 Å². The lowest BCUT2D eigenvalue weighted by Gasteiger charge is -2.53. The zero-order valence-corrected chi connectivity index (χ0v) is 21.8. The van der Waals surface area contributed by atoms with Crippen LogP contribution in [0.1, 0.15) is 24.5 Å². The highest BCUT2D eigenvalue weighted by Gasteiger charge is 2.66. The van der Waals surface area contributed by atoms with Gasteiger partial charge in [0.1, 0.15) is 22.8 Å². The van der Waals surface area contributed by atoms with E-state index in [0.29, 0.717) is 0 Å². The van der Waals surface area contributed by atoms with Gasteiger partial charge in [-0.2, -0.15) is 0 Å². The molecular weight excluding hydrogens is 524 g/mol. The summed E-state index contributed by atoms with van der Waals surface area (Å²) in [5.41, 5.74) is -0.548. The zero-order valence-electron chi connectivity index (χ0n) is 21.8. The summed E-state index contributed by atoms with van der Waals surface area (Å²) < 4.78 is 0. The van der Waals surface area contributed by atoms with Crippen molar-refractivity contribution >= 4 is 34.8 Å². The lowest BCUT2D eigenvalue weighted by Crippen LogP contribution is -2.67. The molecule has 7 N–H and O–H groups in total. The number of nitrogens with two attached hydrogens (primary N) is 1. The summed E-state index contributed by atoms with van der Waals surface area (Å²) in [4.78, 5) is 60.6. The predicted octanol–water partition coefficient (Wildman–Crippen LogP) is -0.120. The predicted molar refractivity (Wildman–Crippen MR) is 138 cm³/mol. The Balaban J connectivity index is 0.000000398. The van der Waals surface area contributed by atoms with Crippen molar-refractivity contribution in [2.75, 3.05) is 14.1 Å². The fraction of sp³-hybridized carbons (Fsp3) is 0.321. The van der Waals surface area contributed by atoms with Gasteiger partial charge in [0.05, 0.1) is 17.2 Å². The van der Waals surface area contributed by atoms with Gasteiger partial charge < -0.3 is 31.3 Å². The number of aliphatic hydroxyl groups excluding tert-OH is 2. The number of carbonyl (C=O) groups is 5. The summed E-state index contributed by atoms with van der Waals surface area (Å²) in [6.07, 6.45) is 4.81. The van der Waals surface area contributed by atoms with Crippen molar-refractivity contribution in [3.8, 4) is 5.75 Å². The Hall–Kier alpha value is -4.39. The second-order valence-electron chi connectivity index (χ2n) is 10.4. The number of Topliss-reactive ketones (excluding diaryl/α,β-unsaturated/α-hetero) is 2. The smallest absolute Gasteiger partial charge is 0.255 e. The lowest BCUT2D eigenvalue weighted by atomic mass is 9.54. The molecule has 0 aliphatic heterocycles. The highest BCUT2D eigenvalue weighted by Crippen LogP contribution is 2.57. The van der Waals surface area contributed by atoms with Gasteiger partial charge in [0.2, 0.25) is 5.78 Å². The van der Waals surface area contributed by atoms with Crippen molar-refractivity contribution in [3.05, 3.63) is 70.5 Å². The van der Waals surface area contributed by atoms with Crippen LogP contribution in [0.4, 0.5) is 0 Å². The molecule has 1 fully saturated rings. The van der Waals surface area contributed by atoms with Gasteiger partial charge in [-0.1, -0.05) is 12.1 Å². The number of primary amides is 1. The molecule has 40 heavy (non-hydrogen) atoms. The number of allylic oxidation sites excluding steroid dienone is 4. The first kappa shape index (κ1) is 28.6. The zero-order chi connectivity index (χ0) is 29.9. The van der Waals surface area contributed by atoms with Crippen LogP contribution in [0.15, 0.2) is 59.4 Å². The Morgan fingerprint density at radius 2 is 1.52 bits per heavy atom. The second kappa shape index (κ2) is 9.66. The van der Waals surface area contributed by atoms with Gasteiger partial charge in [0, 0.05) is 17.4 Å². The third-order valence-electron chi connectivity index (χ3n) is 7.84. The maximum atomic E-state index is 13.7. The van der Waals surface area contributed by atoms with E-state index < -0.39 is 75.0 Å². The van der Waals surface area contributed by atoms with E-state index in [-0.39, 0.29) is 29.1 Å². The number of aliphatic hydroxyl groups is 4. The number of nitrogens with zero attached hydrogens (tertiary/aromatic N) is 1. The number of carbonyl (C=O) groups excluding carboxylic acids is 5. The van der Waals surface area contributed by atoms with Crippen LogP contribution >= 0.6 is 0 Å². The fourth-order valence-corrected chi connectivity index (χ4v) is 5.94. The first-order valence-corrected chi connectivity index (χ1v) is 12.2. The molecule has 0 saturated heterocycles. The van der Waals surface area contributed by atoms with Gasteiger partial charge >= 0.3 is 0 Å². The standard InChI is InChI=1S/C22H24N2O8.C6H4O2/c1-21(31)8-5-4-6-11(25)12(8)16(26)13-9(21)7-10-15(24(2)3)17(27)14(20(23)30)19(29)22(10,32)18(13)28;7-5-1-2-6(8)4-3-5/h4-6,9-10,15,25-26,29,31-32H,7H2,1-3H3,(H2,23,30);1-4H/t9-,10-,15-,21+,22-;/m0./s1. The molecule has 1 aromatic rings. The van der Waals surface area contributed by atoms with Crippen molar-refractivity contribution in [2.45, 2.75) is 30.6 Å². The average molecular weight is 553 g/mol. The van der Waals surface area contributed by atoms with Crippen molar-refractivity contribution < 1.29 is 49.5 Å². The number of phenolic OH excluding ortho intramolecular Hbond substituents is 1. The van der Waals surface area contributed by atoms with Crippen molar-refractivity contribution in [3.63, 3.8) is 0 Å². The molecule has 0 unspecified atom stereocenters. The largest absolute Gasteiger partial charge is 0.508 e. The molecule has 210 valence electrons. The molecular formula is C28H28N2O10. The van der Waals surface area contributed by atoms with Crippen LogP contribution in [0.3, 0.4) is 0 Å². The second-order valence-corrected chi connectivity index (χ2v) is 10.4. The van der Waals surface area contributed by atoms with Crippen molar-refractivity contribution in [1.29, 1.82) is 0 Å². The molecule has 1 saturated carbocycles. The molecule has 1 aromatic carbocycles. The molecule has 4 aliphatic carbocycles. The summed E-state index contributed by atoms with van der Waals surface area (Å²) in [6, 6.07) is 3.02. The Morgan fingerprint density at radius 1 is 0.975 bits per heavy atom. The molecule has 0 aromatic heterocycles. The molecule has 0 spiro atoms. The number of likely N-dealkylation sites (N-methyl/N-ethyl adjacent to an activating group) is 1. The van der Waals surface area contributed by atoms with E-state index in [0.717, 1.165) is 0 Å². The summed E-state index contributed by atoms with van der Waals surface area (Å²) >= 11 is 0. The molecule has 12 heteroatoms. The van der Waals surface area contributed by atoms with Crippen LogP contribution < -0.4 is 5.73 Å². The Bertz CT molecular complexity index is 1460. The monoisotopic (exact) mass is 552 g/mol. The Kier molecular flexibility index (Phi) is 6.91. The highest BCUT2D eigenvalue weighted by atomic mass is 16.3.